The first-order valence-electron chi connectivity index (χ1n) is 9.64. The quantitative estimate of drug-likeness (QED) is 0.326. The number of rotatable bonds is 16. The maximum atomic E-state index is 12.3. The lowest BCUT2D eigenvalue weighted by molar-refractivity contribution is -0.138. The van der Waals surface area contributed by atoms with Gasteiger partial charge >= 0.3 is 5.97 Å². The first-order chi connectivity index (χ1) is 13.1. The summed E-state index contributed by atoms with van der Waals surface area (Å²) in [5.74, 6) is -1.01. The van der Waals surface area contributed by atoms with E-state index in [1.165, 1.54) is 0 Å². The van der Waals surface area contributed by atoms with Crippen molar-refractivity contribution in [3.05, 3.63) is 0 Å². The topological polar surface area (TPSA) is 122 Å². The van der Waals surface area contributed by atoms with Gasteiger partial charge in [-0.15, -0.1) is 0 Å². The second-order valence-electron chi connectivity index (χ2n) is 7.00. The number of ether oxygens (including phenoxy) is 1. The van der Waals surface area contributed by atoms with Crippen molar-refractivity contribution in [3.8, 4) is 0 Å². The van der Waals surface area contributed by atoms with Crippen LogP contribution < -0.4 is 10.6 Å². The van der Waals surface area contributed by atoms with Gasteiger partial charge in [0.2, 0.25) is 11.8 Å². The van der Waals surface area contributed by atoms with Crippen LogP contribution in [0.2, 0.25) is 0 Å². The molecular formula is C19H34N2O6S. The predicted octanol–water partition coefficient (Wildman–Crippen LogP) is 1.62. The Balaban J connectivity index is 4.27. The summed E-state index contributed by atoms with van der Waals surface area (Å²) in [7, 11) is 0. The Morgan fingerprint density at radius 3 is 2.25 bits per heavy atom. The van der Waals surface area contributed by atoms with E-state index in [4.69, 9.17) is 9.84 Å². The smallest absolute Gasteiger partial charge is 0.303 e. The monoisotopic (exact) mass is 418 g/mol. The molecule has 0 spiro atoms. The number of aliphatic carboxylic acids is 1. The molecule has 0 aliphatic carbocycles. The molecule has 0 saturated carbocycles. The summed E-state index contributed by atoms with van der Waals surface area (Å²) in [4.78, 5) is 46.6. The van der Waals surface area contributed by atoms with Gasteiger partial charge in [0.25, 0.3) is 0 Å². The molecule has 1 atom stereocenters. The third-order valence-electron chi connectivity index (χ3n) is 3.76. The number of thioether (sulfide) groups is 1. The Morgan fingerprint density at radius 2 is 1.68 bits per heavy atom. The molecular weight excluding hydrogens is 384 g/mol. The van der Waals surface area contributed by atoms with Crippen LogP contribution >= 0.6 is 11.8 Å². The van der Waals surface area contributed by atoms with E-state index < -0.39 is 17.9 Å². The van der Waals surface area contributed by atoms with Crippen molar-refractivity contribution in [2.24, 2.45) is 5.92 Å². The van der Waals surface area contributed by atoms with Crippen LogP contribution in [0.1, 0.15) is 53.4 Å². The average Bonchev–Trinajstić information content (AvgIpc) is 2.60. The summed E-state index contributed by atoms with van der Waals surface area (Å²) in [6, 6.07) is -0.893. The molecule has 1 unspecified atom stereocenters. The van der Waals surface area contributed by atoms with Crippen LogP contribution in [0.3, 0.4) is 0 Å². The van der Waals surface area contributed by atoms with Crippen molar-refractivity contribution in [3.63, 3.8) is 0 Å². The van der Waals surface area contributed by atoms with E-state index in [0.717, 1.165) is 0 Å². The number of carbonyl (C=O) groups excluding carboxylic acids is 3. The minimum atomic E-state index is -1.03. The van der Waals surface area contributed by atoms with Gasteiger partial charge in [0.1, 0.15) is 11.8 Å². The second kappa shape index (κ2) is 15.3. The van der Waals surface area contributed by atoms with Crippen LogP contribution in [0, 0.1) is 5.92 Å². The van der Waals surface area contributed by atoms with Crippen LogP contribution in [-0.2, 0) is 23.9 Å². The summed E-state index contributed by atoms with van der Waals surface area (Å²) >= 11 is 1.64. The Kier molecular flexibility index (Phi) is 14.4. The van der Waals surface area contributed by atoms with Gasteiger partial charge in [0, 0.05) is 37.5 Å². The number of hydrogen-bond donors (Lipinski definition) is 3. The predicted molar refractivity (Wildman–Crippen MR) is 109 cm³/mol. The number of Topliss-reactive ketones (excluding diaryl/α,β-unsaturated/α-hetero) is 1. The molecule has 0 bridgehead atoms. The molecule has 0 heterocycles. The number of amides is 2. The molecule has 0 fully saturated rings. The zero-order chi connectivity index (χ0) is 21.5. The molecule has 2 amide bonds. The fourth-order valence-electron chi connectivity index (χ4n) is 2.12. The second-order valence-corrected chi connectivity index (χ2v) is 8.68. The minimum Gasteiger partial charge on any atom is -0.481 e. The summed E-state index contributed by atoms with van der Waals surface area (Å²) in [6.45, 7) is 8.48. The van der Waals surface area contributed by atoms with E-state index in [1.54, 1.807) is 11.8 Å². The number of carboxylic acid groups (broad SMARTS) is 1. The largest absolute Gasteiger partial charge is 0.481 e. The van der Waals surface area contributed by atoms with Crippen LogP contribution in [-0.4, -0.2) is 65.5 Å². The standard InChI is InChI=1S/C19H34N2O6S/c1-13(2)16(22)7-10-27-11-9-20-19(26)15(5-6-18(24)25)21-17(23)8-12-28-14(3)4/h13-15H,5-12H2,1-4H3,(H,20,26)(H,21,23)(H,24,25). The number of nitrogens with one attached hydrogen (secondary N) is 2. The molecule has 0 rings (SSSR count). The highest BCUT2D eigenvalue weighted by Gasteiger charge is 2.21. The minimum absolute atomic E-state index is 0.0218. The lowest BCUT2D eigenvalue weighted by Crippen LogP contribution is -2.47. The number of hydrogen-bond acceptors (Lipinski definition) is 6. The van der Waals surface area contributed by atoms with Crippen LogP contribution in [0.5, 0.6) is 0 Å². The van der Waals surface area contributed by atoms with Crippen molar-refractivity contribution >= 4 is 35.3 Å². The Hall–Kier alpha value is -1.61. The molecule has 0 aromatic carbocycles. The zero-order valence-corrected chi connectivity index (χ0v) is 18.1. The van der Waals surface area contributed by atoms with E-state index in [2.05, 4.69) is 10.6 Å². The molecule has 0 aromatic rings. The molecule has 3 N–H and O–H groups in total. The van der Waals surface area contributed by atoms with Crippen LogP contribution in [0.25, 0.3) is 0 Å². The molecule has 162 valence electrons. The van der Waals surface area contributed by atoms with E-state index in [1.807, 2.05) is 27.7 Å². The highest BCUT2D eigenvalue weighted by atomic mass is 32.2. The van der Waals surface area contributed by atoms with Crippen molar-refractivity contribution in [2.45, 2.75) is 64.7 Å². The number of carbonyl (C=O) groups is 4. The average molecular weight is 419 g/mol. The third-order valence-corrected chi connectivity index (χ3v) is 4.87. The molecule has 0 aromatic heterocycles. The summed E-state index contributed by atoms with van der Waals surface area (Å²) in [5.41, 5.74) is 0. The highest BCUT2D eigenvalue weighted by Crippen LogP contribution is 2.10. The summed E-state index contributed by atoms with van der Waals surface area (Å²) in [6.07, 6.45) is 0.408. The molecule has 8 nitrogen and oxygen atoms in total. The van der Waals surface area contributed by atoms with Crippen LogP contribution in [0.15, 0.2) is 0 Å². The molecule has 28 heavy (non-hydrogen) atoms. The number of carboxylic acids is 1. The van der Waals surface area contributed by atoms with E-state index in [-0.39, 0.29) is 50.0 Å². The van der Waals surface area contributed by atoms with Gasteiger partial charge in [-0.3, -0.25) is 19.2 Å². The maximum Gasteiger partial charge on any atom is 0.303 e. The van der Waals surface area contributed by atoms with Crippen molar-refractivity contribution in [2.75, 3.05) is 25.5 Å². The Morgan fingerprint density at radius 1 is 1.00 bits per heavy atom. The van der Waals surface area contributed by atoms with Gasteiger partial charge in [-0.25, -0.2) is 0 Å². The summed E-state index contributed by atoms with van der Waals surface area (Å²) in [5, 5.41) is 14.5. The van der Waals surface area contributed by atoms with E-state index in [0.29, 0.717) is 24.0 Å². The molecule has 9 heteroatoms. The van der Waals surface area contributed by atoms with E-state index >= 15 is 0 Å². The lowest BCUT2D eigenvalue weighted by atomic mass is 10.1. The van der Waals surface area contributed by atoms with Crippen molar-refractivity contribution < 1.29 is 29.0 Å². The Labute approximate surface area is 171 Å². The van der Waals surface area contributed by atoms with Gasteiger partial charge in [0.15, 0.2) is 0 Å². The maximum absolute atomic E-state index is 12.3. The molecule has 0 aliphatic rings. The Bertz CT molecular complexity index is 511. The summed E-state index contributed by atoms with van der Waals surface area (Å²) < 4.78 is 5.32. The highest BCUT2D eigenvalue weighted by molar-refractivity contribution is 7.99. The normalized spacial score (nSPS) is 12.1. The van der Waals surface area contributed by atoms with Gasteiger partial charge in [-0.1, -0.05) is 27.7 Å². The fraction of sp³-hybridized carbons (Fsp3) is 0.789. The molecule has 0 radical (unpaired) electrons. The SMILES string of the molecule is CC(C)SCCC(=O)NC(CCC(=O)O)C(=O)NCCOCCC(=O)C(C)C. The van der Waals surface area contributed by atoms with Crippen molar-refractivity contribution in [1.29, 1.82) is 0 Å². The van der Waals surface area contributed by atoms with Gasteiger partial charge in [0.05, 0.1) is 13.2 Å². The first kappa shape index (κ1) is 26.4. The van der Waals surface area contributed by atoms with Gasteiger partial charge in [-0.05, 0) is 11.7 Å². The lowest BCUT2D eigenvalue weighted by Gasteiger charge is -2.18. The van der Waals surface area contributed by atoms with Gasteiger partial charge in [-0.2, -0.15) is 11.8 Å². The molecule has 0 aliphatic heterocycles. The fourth-order valence-corrected chi connectivity index (χ4v) is 2.90. The van der Waals surface area contributed by atoms with Gasteiger partial charge < -0.3 is 20.5 Å². The molecule has 0 saturated heterocycles. The first-order valence-corrected chi connectivity index (χ1v) is 10.7. The van der Waals surface area contributed by atoms with Crippen LogP contribution in [0.4, 0.5) is 0 Å². The third kappa shape index (κ3) is 14.4. The number of ketones is 1. The van der Waals surface area contributed by atoms with Crippen molar-refractivity contribution in [1.82, 2.24) is 10.6 Å². The van der Waals surface area contributed by atoms with E-state index in [9.17, 15) is 19.2 Å². The zero-order valence-electron chi connectivity index (χ0n) is 17.3.